The molecule has 0 aliphatic rings. The predicted octanol–water partition coefficient (Wildman–Crippen LogP) is 2.50. The van der Waals surface area contributed by atoms with Crippen molar-refractivity contribution in [2.24, 2.45) is 0 Å². The first kappa shape index (κ1) is 18.8. The Morgan fingerprint density at radius 2 is 1.96 bits per heavy atom. The average molecular weight is 380 g/mol. The molecule has 2 N–H and O–H groups in total. The van der Waals surface area contributed by atoms with Gasteiger partial charge in [0.1, 0.15) is 5.03 Å². The minimum atomic E-state index is -0.739. The van der Waals surface area contributed by atoms with Gasteiger partial charge in [0.25, 0.3) is 5.91 Å². The summed E-state index contributed by atoms with van der Waals surface area (Å²) in [7, 11) is 1.36. The topological polar surface area (TPSA) is 97.4 Å². The van der Waals surface area contributed by atoms with Crippen molar-refractivity contribution >= 4 is 41.3 Å². The number of carbonyl (C=O) groups excluding carboxylic acids is 3. The fraction of sp³-hybridized carbons (Fsp3) is 0.125. The first-order valence-electron chi connectivity index (χ1n) is 7.07. The molecular formula is C16H14ClN3O4S. The van der Waals surface area contributed by atoms with Crippen molar-refractivity contribution in [2.45, 2.75) is 9.92 Å². The van der Waals surface area contributed by atoms with Gasteiger partial charge in [-0.25, -0.2) is 14.6 Å². The summed E-state index contributed by atoms with van der Waals surface area (Å²) in [6, 6.07) is 9.57. The van der Waals surface area contributed by atoms with Crippen molar-refractivity contribution in [3.63, 3.8) is 0 Å². The Morgan fingerprint density at radius 1 is 1.20 bits per heavy atom. The maximum Gasteiger partial charge on any atom is 0.341 e. The lowest BCUT2D eigenvalue weighted by Gasteiger charge is -2.09. The highest BCUT2D eigenvalue weighted by molar-refractivity contribution is 7.99. The molecule has 0 aliphatic heterocycles. The molecule has 0 bridgehead atoms. The van der Waals surface area contributed by atoms with Crippen molar-refractivity contribution < 1.29 is 19.1 Å². The molecule has 1 heterocycles. The molecule has 7 nitrogen and oxygen atoms in total. The number of imide groups is 1. The Labute approximate surface area is 153 Å². The number of aromatic nitrogens is 1. The lowest BCUT2D eigenvalue weighted by Crippen LogP contribution is -2.39. The largest absolute Gasteiger partial charge is 0.452 e. The van der Waals surface area contributed by atoms with Gasteiger partial charge >= 0.3 is 12.0 Å². The van der Waals surface area contributed by atoms with Crippen LogP contribution in [0.5, 0.6) is 0 Å². The second-order valence-electron chi connectivity index (χ2n) is 4.59. The van der Waals surface area contributed by atoms with E-state index in [1.165, 1.54) is 31.1 Å². The molecule has 0 saturated heterocycles. The zero-order valence-electron chi connectivity index (χ0n) is 13.1. The minimum Gasteiger partial charge on any atom is -0.452 e. The van der Waals surface area contributed by atoms with E-state index in [9.17, 15) is 14.4 Å². The number of hydrogen-bond acceptors (Lipinski definition) is 6. The number of esters is 1. The SMILES string of the molecule is CNC(=O)NC(=O)COC(=O)c1cccnc1Sc1ccccc1Cl. The van der Waals surface area contributed by atoms with Gasteiger partial charge in [-0.3, -0.25) is 10.1 Å². The molecule has 130 valence electrons. The maximum absolute atomic E-state index is 12.2. The second-order valence-corrected chi connectivity index (χ2v) is 6.03. The van der Waals surface area contributed by atoms with Crippen molar-refractivity contribution in [2.75, 3.05) is 13.7 Å². The summed E-state index contributed by atoms with van der Waals surface area (Å²) >= 11 is 7.32. The molecule has 0 aliphatic carbocycles. The number of urea groups is 1. The monoisotopic (exact) mass is 379 g/mol. The number of halogens is 1. The number of nitrogens with zero attached hydrogens (tertiary/aromatic N) is 1. The summed E-state index contributed by atoms with van der Waals surface area (Å²) in [5, 5.41) is 5.14. The van der Waals surface area contributed by atoms with Crippen LogP contribution in [-0.4, -0.2) is 36.5 Å². The van der Waals surface area contributed by atoms with E-state index in [4.69, 9.17) is 16.3 Å². The standard InChI is InChI=1S/C16H14ClN3O4S/c1-18-16(23)20-13(21)9-24-15(22)10-5-4-8-19-14(10)25-12-7-3-2-6-11(12)17/h2-8H,9H2,1H3,(H2,18,20,21,23). The van der Waals surface area contributed by atoms with E-state index in [0.29, 0.717) is 10.0 Å². The number of benzene rings is 1. The predicted molar refractivity (Wildman–Crippen MR) is 92.7 cm³/mol. The van der Waals surface area contributed by atoms with Gasteiger partial charge in [-0.05, 0) is 24.3 Å². The molecule has 0 spiro atoms. The quantitative estimate of drug-likeness (QED) is 0.774. The van der Waals surface area contributed by atoms with E-state index in [0.717, 1.165) is 4.90 Å². The van der Waals surface area contributed by atoms with Gasteiger partial charge in [-0.1, -0.05) is 35.5 Å². The van der Waals surface area contributed by atoms with Gasteiger partial charge in [-0.2, -0.15) is 0 Å². The van der Waals surface area contributed by atoms with Gasteiger partial charge in [0, 0.05) is 18.1 Å². The van der Waals surface area contributed by atoms with Crippen molar-refractivity contribution in [1.82, 2.24) is 15.6 Å². The number of rotatable bonds is 5. The molecule has 2 rings (SSSR count). The Balaban J connectivity index is 2.07. The van der Waals surface area contributed by atoms with Crippen LogP contribution in [0.2, 0.25) is 5.02 Å². The molecule has 25 heavy (non-hydrogen) atoms. The third kappa shape index (κ3) is 5.47. The maximum atomic E-state index is 12.2. The zero-order chi connectivity index (χ0) is 18.2. The third-order valence-electron chi connectivity index (χ3n) is 2.85. The number of carbonyl (C=O) groups is 3. The van der Waals surface area contributed by atoms with E-state index < -0.39 is 24.5 Å². The number of amides is 3. The van der Waals surface area contributed by atoms with Crippen LogP contribution in [0.15, 0.2) is 52.5 Å². The van der Waals surface area contributed by atoms with Crippen LogP contribution in [0, 0.1) is 0 Å². The fourth-order valence-electron chi connectivity index (χ4n) is 1.69. The van der Waals surface area contributed by atoms with E-state index in [1.54, 1.807) is 24.3 Å². The average Bonchev–Trinajstić information content (AvgIpc) is 2.62. The summed E-state index contributed by atoms with van der Waals surface area (Å²) in [6.07, 6.45) is 1.54. The molecule has 0 unspecified atom stereocenters. The van der Waals surface area contributed by atoms with Gasteiger partial charge < -0.3 is 10.1 Å². The summed E-state index contributed by atoms with van der Waals surface area (Å²) < 4.78 is 4.93. The van der Waals surface area contributed by atoms with Crippen molar-refractivity contribution in [3.05, 3.63) is 53.2 Å². The van der Waals surface area contributed by atoms with Crippen LogP contribution in [0.4, 0.5) is 4.79 Å². The van der Waals surface area contributed by atoms with E-state index in [2.05, 4.69) is 10.3 Å². The minimum absolute atomic E-state index is 0.195. The number of pyridine rings is 1. The van der Waals surface area contributed by atoms with E-state index >= 15 is 0 Å². The first-order valence-corrected chi connectivity index (χ1v) is 8.26. The number of nitrogens with one attached hydrogen (secondary N) is 2. The summed E-state index contributed by atoms with van der Waals surface area (Å²) in [6.45, 7) is -0.586. The van der Waals surface area contributed by atoms with E-state index in [1.807, 2.05) is 11.4 Å². The fourth-order valence-corrected chi connectivity index (χ4v) is 2.84. The van der Waals surface area contributed by atoms with Crippen LogP contribution in [0.1, 0.15) is 10.4 Å². The molecule has 0 radical (unpaired) electrons. The van der Waals surface area contributed by atoms with Gasteiger partial charge in [0.05, 0.1) is 10.6 Å². The first-order chi connectivity index (χ1) is 12.0. The zero-order valence-corrected chi connectivity index (χ0v) is 14.7. The summed E-state index contributed by atoms with van der Waals surface area (Å²) in [5.74, 6) is -1.47. The second kappa shape index (κ2) is 9.05. The number of hydrogen-bond donors (Lipinski definition) is 2. The van der Waals surface area contributed by atoms with Crippen LogP contribution in [-0.2, 0) is 9.53 Å². The molecule has 3 amide bonds. The third-order valence-corrected chi connectivity index (χ3v) is 4.38. The summed E-state index contributed by atoms with van der Waals surface area (Å²) in [5.41, 5.74) is 0.195. The van der Waals surface area contributed by atoms with Crippen LogP contribution in [0.25, 0.3) is 0 Å². The van der Waals surface area contributed by atoms with Crippen molar-refractivity contribution in [3.8, 4) is 0 Å². The molecular weight excluding hydrogens is 366 g/mol. The number of ether oxygens (including phenoxy) is 1. The normalized spacial score (nSPS) is 10.0. The highest BCUT2D eigenvalue weighted by Gasteiger charge is 2.17. The van der Waals surface area contributed by atoms with Gasteiger partial charge in [0.15, 0.2) is 6.61 Å². The highest BCUT2D eigenvalue weighted by Crippen LogP contribution is 2.33. The lowest BCUT2D eigenvalue weighted by molar-refractivity contribution is -0.123. The van der Waals surface area contributed by atoms with Crippen LogP contribution in [0.3, 0.4) is 0 Å². The van der Waals surface area contributed by atoms with Gasteiger partial charge in [0.2, 0.25) is 0 Å². The Kier molecular flexibility index (Phi) is 6.79. The Morgan fingerprint density at radius 3 is 2.68 bits per heavy atom. The lowest BCUT2D eigenvalue weighted by atomic mass is 10.3. The molecule has 0 fully saturated rings. The Hall–Kier alpha value is -2.58. The van der Waals surface area contributed by atoms with Gasteiger partial charge in [-0.15, -0.1) is 0 Å². The van der Waals surface area contributed by atoms with E-state index in [-0.39, 0.29) is 5.56 Å². The molecule has 9 heteroatoms. The molecule has 1 aromatic carbocycles. The molecule has 2 aromatic rings. The van der Waals surface area contributed by atoms with Crippen LogP contribution >= 0.6 is 23.4 Å². The molecule has 0 saturated carbocycles. The molecule has 1 aromatic heterocycles. The highest BCUT2D eigenvalue weighted by atomic mass is 35.5. The molecule has 0 atom stereocenters. The Bertz CT molecular complexity index is 800. The smallest absolute Gasteiger partial charge is 0.341 e. The van der Waals surface area contributed by atoms with Crippen molar-refractivity contribution in [1.29, 1.82) is 0 Å². The summed E-state index contributed by atoms with van der Waals surface area (Å²) in [4.78, 5) is 39.6. The van der Waals surface area contributed by atoms with Crippen LogP contribution < -0.4 is 10.6 Å².